The Balaban J connectivity index is 1.45. The van der Waals surface area contributed by atoms with Gasteiger partial charge in [-0.2, -0.15) is 10.2 Å². The van der Waals surface area contributed by atoms with Crippen molar-refractivity contribution in [1.29, 1.82) is 0 Å². The minimum absolute atomic E-state index is 0.0287. The summed E-state index contributed by atoms with van der Waals surface area (Å²) in [6.45, 7) is 22.1. The topological polar surface area (TPSA) is 101 Å². The van der Waals surface area contributed by atoms with Gasteiger partial charge in [0.2, 0.25) is 0 Å². The lowest BCUT2D eigenvalue weighted by Gasteiger charge is -2.33. The number of nitrogens with one attached hydrogen (secondary N) is 2. The number of amides is 2. The second kappa shape index (κ2) is 16.1. The highest BCUT2D eigenvalue weighted by Crippen LogP contribution is 2.37. The first-order valence-electron chi connectivity index (χ1n) is 16.5. The second-order valence-corrected chi connectivity index (χ2v) is 16.1. The summed E-state index contributed by atoms with van der Waals surface area (Å²) < 4.78 is 11.3. The van der Waals surface area contributed by atoms with E-state index in [0.717, 1.165) is 12.8 Å². The van der Waals surface area contributed by atoms with Crippen molar-refractivity contribution >= 4 is 24.2 Å². The van der Waals surface area contributed by atoms with Crippen LogP contribution in [-0.2, 0) is 20.4 Å². The summed E-state index contributed by atoms with van der Waals surface area (Å²) in [7, 11) is 0. The first kappa shape index (κ1) is 38.0. The Morgan fingerprint density at radius 1 is 0.562 bits per heavy atom. The highest BCUT2D eigenvalue weighted by Gasteiger charge is 2.28. The molecule has 2 N–H and O–H groups in total. The predicted molar refractivity (Wildman–Crippen MR) is 196 cm³/mol. The van der Waals surface area contributed by atoms with E-state index in [-0.39, 0.29) is 46.7 Å². The van der Waals surface area contributed by atoms with Gasteiger partial charge in [-0.1, -0.05) is 118 Å². The number of hydrogen-bond donors (Lipinski definition) is 2. The van der Waals surface area contributed by atoms with Crippen molar-refractivity contribution in [3.8, 4) is 11.5 Å². The van der Waals surface area contributed by atoms with Gasteiger partial charge in [0.25, 0.3) is 11.8 Å². The van der Waals surface area contributed by atoms with Crippen LogP contribution in [0, 0.1) is 10.8 Å². The maximum atomic E-state index is 12.4. The Hall–Kier alpha value is -4.46. The zero-order chi connectivity index (χ0) is 35.6. The molecule has 8 heteroatoms. The van der Waals surface area contributed by atoms with E-state index in [9.17, 15) is 9.59 Å². The molecule has 0 atom stereocenters. The van der Waals surface area contributed by atoms with E-state index in [1.54, 1.807) is 0 Å². The van der Waals surface area contributed by atoms with Gasteiger partial charge in [-0.05, 0) is 69.9 Å². The van der Waals surface area contributed by atoms with Crippen LogP contribution in [0.4, 0.5) is 0 Å². The third-order valence-electron chi connectivity index (χ3n) is 7.74. The number of hydrogen-bond acceptors (Lipinski definition) is 6. The van der Waals surface area contributed by atoms with Crippen LogP contribution in [-0.4, -0.2) is 37.5 Å². The summed E-state index contributed by atoms with van der Waals surface area (Å²) in [5.41, 5.74) is 9.34. The molecule has 3 aromatic carbocycles. The SMILES string of the molecule is CC(C)(C)CC(C)(C)c1ccc(OCC(=O)NN=Cc2ccccc2C=NNC(=O)COc2ccc(C(C)(C)CC(C)(C)C)cc2)cc1. The minimum atomic E-state index is -0.384. The quantitative estimate of drug-likeness (QED) is 0.135. The molecule has 0 spiro atoms. The number of rotatable bonds is 14. The number of nitrogens with zero attached hydrogens (tertiary/aromatic N) is 2. The van der Waals surface area contributed by atoms with Crippen molar-refractivity contribution in [2.24, 2.45) is 21.0 Å². The molecule has 0 aromatic heterocycles. The van der Waals surface area contributed by atoms with Gasteiger partial charge in [-0.3, -0.25) is 9.59 Å². The molecule has 0 fully saturated rings. The summed E-state index contributed by atoms with van der Waals surface area (Å²) >= 11 is 0. The second-order valence-electron chi connectivity index (χ2n) is 16.1. The third kappa shape index (κ3) is 13.0. The van der Waals surface area contributed by atoms with Crippen LogP contribution in [0.5, 0.6) is 11.5 Å². The molecule has 8 nitrogen and oxygen atoms in total. The first-order chi connectivity index (χ1) is 22.3. The van der Waals surface area contributed by atoms with Crippen LogP contribution >= 0.6 is 0 Å². The van der Waals surface area contributed by atoms with Crippen LogP contribution in [0.2, 0.25) is 0 Å². The molecule has 3 aromatic rings. The summed E-state index contributed by atoms with van der Waals surface area (Å²) in [6.07, 6.45) is 5.13. The number of hydrazone groups is 2. The molecular formula is C40H54N4O4. The maximum absolute atomic E-state index is 12.4. The van der Waals surface area contributed by atoms with E-state index in [0.29, 0.717) is 22.6 Å². The fourth-order valence-corrected chi connectivity index (χ4v) is 6.32. The Labute approximate surface area is 287 Å². The normalized spacial score (nSPS) is 12.7. The maximum Gasteiger partial charge on any atom is 0.277 e. The monoisotopic (exact) mass is 654 g/mol. The van der Waals surface area contributed by atoms with Gasteiger partial charge >= 0.3 is 0 Å². The molecule has 2 amide bonds. The van der Waals surface area contributed by atoms with Gasteiger partial charge in [0.1, 0.15) is 11.5 Å². The van der Waals surface area contributed by atoms with Crippen LogP contribution in [0.3, 0.4) is 0 Å². The van der Waals surface area contributed by atoms with Gasteiger partial charge < -0.3 is 9.47 Å². The van der Waals surface area contributed by atoms with Crippen molar-refractivity contribution in [1.82, 2.24) is 10.9 Å². The highest BCUT2D eigenvalue weighted by molar-refractivity contribution is 5.95. The molecule has 0 bridgehead atoms. The highest BCUT2D eigenvalue weighted by atomic mass is 16.5. The molecule has 3 rings (SSSR count). The van der Waals surface area contributed by atoms with E-state index < -0.39 is 0 Å². The number of benzene rings is 3. The lowest BCUT2D eigenvalue weighted by Crippen LogP contribution is -2.25. The lowest BCUT2D eigenvalue weighted by molar-refractivity contribution is -0.123. The van der Waals surface area contributed by atoms with Crippen molar-refractivity contribution in [3.05, 3.63) is 95.1 Å². The Morgan fingerprint density at radius 3 is 1.21 bits per heavy atom. The first-order valence-corrected chi connectivity index (χ1v) is 16.5. The summed E-state index contributed by atoms with van der Waals surface area (Å²) in [6, 6.07) is 23.1. The van der Waals surface area contributed by atoms with E-state index in [4.69, 9.17) is 9.47 Å². The molecule has 0 aliphatic heterocycles. The van der Waals surface area contributed by atoms with E-state index in [1.165, 1.54) is 23.6 Å². The summed E-state index contributed by atoms with van der Waals surface area (Å²) in [5, 5.41) is 8.13. The van der Waals surface area contributed by atoms with Gasteiger partial charge in [0.05, 0.1) is 12.4 Å². The van der Waals surface area contributed by atoms with E-state index in [2.05, 4.69) is 115 Å². The predicted octanol–water partition coefficient (Wildman–Crippen LogP) is 8.17. The largest absolute Gasteiger partial charge is 0.484 e. The Bertz CT molecular complexity index is 1440. The molecule has 0 aliphatic carbocycles. The molecule has 0 saturated heterocycles. The molecule has 258 valence electrons. The zero-order valence-corrected chi connectivity index (χ0v) is 30.4. The van der Waals surface area contributed by atoms with Crippen LogP contribution in [0.1, 0.15) is 104 Å². The average Bonchev–Trinajstić information content (AvgIpc) is 2.98. The standard InChI is InChI=1S/C40H54N4O4/c1-37(2,3)27-39(7,8)31-15-19-33(20-16-31)47-25-35(45)43-41-23-29-13-11-12-14-30(29)24-42-44-36(46)26-48-34-21-17-32(18-22-34)40(9,10)28-38(4,5)6/h11-24H,25-28H2,1-10H3,(H,43,45)(H,44,46). The molecule has 48 heavy (non-hydrogen) atoms. The molecule has 0 aliphatic rings. The number of ether oxygens (including phenoxy) is 2. The molecule has 0 saturated carbocycles. The van der Waals surface area contributed by atoms with E-state index in [1.807, 2.05) is 48.5 Å². The van der Waals surface area contributed by atoms with Crippen molar-refractivity contribution in [2.75, 3.05) is 13.2 Å². The molecule has 0 radical (unpaired) electrons. The van der Waals surface area contributed by atoms with Gasteiger partial charge in [0, 0.05) is 11.1 Å². The molecule has 0 heterocycles. The van der Waals surface area contributed by atoms with Crippen molar-refractivity contribution in [3.63, 3.8) is 0 Å². The van der Waals surface area contributed by atoms with Crippen LogP contribution in [0.25, 0.3) is 0 Å². The lowest BCUT2D eigenvalue weighted by atomic mass is 9.72. The zero-order valence-electron chi connectivity index (χ0n) is 30.4. The average molecular weight is 655 g/mol. The fraction of sp³-hybridized carbons (Fsp3) is 0.450. The smallest absolute Gasteiger partial charge is 0.277 e. The van der Waals surface area contributed by atoms with Crippen LogP contribution in [0.15, 0.2) is 83.0 Å². The van der Waals surface area contributed by atoms with Gasteiger partial charge in [-0.25, -0.2) is 10.9 Å². The summed E-state index contributed by atoms with van der Waals surface area (Å²) in [5.74, 6) is 0.467. The van der Waals surface area contributed by atoms with Gasteiger partial charge in [0.15, 0.2) is 13.2 Å². The van der Waals surface area contributed by atoms with Crippen molar-refractivity contribution in [2.45, 2.75) is 92.9 Å². The fourth-order valence-electron chi connectivity index (χ4n) is 6.32. The summed E-state index contributed by atoms with van der Waals surface area (Å²) in [4.78, 5) is 24.7. The Morgan fingerprint density at radius 2 is 0.896 bits per heavy atom. The van der Waals surface area contributed by atoms with Crippen LogP contribution < -0.4 is 20.3 Å². The molecule has 0 unspecified atom stereocenters. The number of carbonyl (C=O) groups is 2. The van der Waals surface area contributed by atoms with Gasteiger partial charge in [-0.15, -0.1) is 0 Å². The Kier molecular flexibility index (Phi) is 12.7. The number of carbonyl (C=O) groups excluding carboxylic acids is 2. The third-order valence-corrected chi connectivity index (χ3v) is 7.74. The van der Waals surface area contributed by atoms with Crippen molar-refractivity contribution < 1.29 is 19.1 Å². The minimum Gasteiger partial charge on any atom is -0.484 e. The van der Waals surface area contributed by atoms with E-state index >= 15 is 0 Å². The molecular weight excluding hydrogens is 600 g/mol.